The van der Waals surface area contributed by atoms with E-state index in [4.69, 9.17) is 4.52 Å². The zero-order chi connectivity index (χ0) is 17.2. The first kappa shape index (κ1) is 16.5. The van der Waals surface area contributed by atoms with E-state index in [0.29, 0.717) is 37.8 Å². The second-order valence-electron chi connectivity index (χ2n) is 5.52. The summed E-state index contributed by atoms with van der Waals surface area (Å²) in [5.74, 6) is 0.886. The first-order valence-electron chi connectivity index (χ1n) is 7.47. The maximum Gasteiger partial charge on any atom is 0.323 e. The molecular weight excluding hydrogens is 332 g/mol. The summed E-state index contributed by atoms with van der Waals surface area (Å²) in [4.78, 5) is 13.8. The predicted molar refractivity (Wildman–Crippen MR) is 88.9 cm³/mol. The van der Waals surface area contributed by atoms with Crippen LogP contribution in [-0.2, 0) is 10.0 Å². The van der Waals surface area contributed by atoms with E-state index in [2.05, 4.69) is 10.5 Å². The van der Waals surface area contributed by atoms with E-state index in [1.807, 2.05) is 30.3 Å². The molecule has 1 aromatic carbocycles. The highest BCUT2D eigenvalue weighted by Gasteiger charge is 2.26. The monoisotopic (exact) mass is 350 g/mol. The molecule has 1 aromatic heterocycles. The molecule has 3 rings (SSSR count). The fraction of sp³-hybridized carbons (Fsp3) is 0.333. The Morgan fingerprint density at radius 2 is 1.83 bits per heavy atom. The van der Waals surface area contributed by atoms with Crippen LogP contribution in [0.3, 0.4) is 0 Å². The Hall–Kier alpha value is -2.39. The summed E-state index contributed by atoms with van der Waals surface area (Å²) in [5.41, 5.74) is 0.868. The van der Waals surface area contributed by atoms with Gasteiger partial charge in [0.25, 0.3) is 0 Å². The largest absolute Gasteiger partial charge is 0.354 e. The number of carbonyl (C=O) groups is 1. The maximum absolute atomic E-state index is 12.2. The fourth-order valence-corrected chi connectivity index (χ4v) is 3.31. The average molecular weight is 350 g/mol. The van der Waals surface area contributed by atoms with Gasteiger partial charge >= 0.3 is 6.03 Å². The lowest BCUT2D eigenvalue weighted by Crippen LogP contribution is -2.51. The molecule has 2 heterocycles. The number of piperazine rings is 1. The topological polar surface area (TPSA) is 95.8 Å². The molecule has 0 unspecified atom stereocenters. The van der Waals surface area contributed by atoms with E-state index >= 15 is 0 Å². The summed E-state index contributed by atoms with van der Waals surface area (Å²) in [6.07, 6.45) is 1.17. The molecule has 0 atom stereocenters. The molecule has 2 aromatic rings. The van der Waals surface area contributed by atoms with Crippen molar-refractivity contribution in [1.82, 2.24) is 14.4 Å². The van der Waals surface area contributed by atoms with E-state index in [0.717, 1.165) is 5.56 Å². The van der Waals surface area contributed by atoms with Gasteiger partial charge in [-0.05, 0) is 0 Å². The van der Waals surface area contributed by atoms with Gasteiger partial charge in [0.15, 0.2) is 11.6 Å². The minimum absolute atomic E-state index is 0.292. The number of urea groups is 1. The Bertz CT molecular complexity index is 811. The molecule has 1 N–H and O–H groups in total. The molecule has 0 saturated carbocycles. The van der Waals surface area contributed by atoms with E-state index in [1.54, 1.807) is 11.0 Å². The number of nitrogens with zero attached hydrogens (tertiary/aromatic N) is 3. The molecule has 0 aliphatic carbocycles. The van der Waals surface area contributed by atoms with Crippen LogP contribution in [0.4, 0.5) is 10.6 Å². The molecule has 24 heavy (non-hydrogen) atoms. The smallest absolute Gasteiger partial charge is 0.323 e. The van der Waals surface area contributed by atoms with Crippen molar-refractivity contribution in [2.75, 3.05) is 37.8 Å². The molecule has 9 heteroatoms. The van der Waals surface area contributed by atoms with E-state index in [9.17, 15) is 13.2 Å². The standard InChI is InChI=1S/C15H18N4O4S/c1-24(21,22)19-9-7-18(8-10-19)15(20)16-14-11-13(23-17-14)12-5-3-2-4-6-12/h2-6,11H,7-10H2,1H3,(H,16,17,20). The molecule has 8 nitrogen and oxygen atoms in total. The average Bonchev–Trinajstić information content (AvgIpc) is 3.03. The Labute approximate surface area is 140 Å². The highest BCUT2D eigenvalue weighted by atomic mass is 32.2. The lowest BCUT2D eigenvalue weighted by molar-refractivity contribution is 0.184. The van der Waals surface area contributed by atoms with Crippen molar-refractivity contribution in [3.05, 3.63) is 36.4 Å². The normalized spacial score (nSPS) is 16.1. The van der Waals surface area contributed by atoms with Gasteiger partial charge in [0, 0.05) is 37.8 Å². The molecule has 1 aliphatic rings. The fourth-order valence-electron chi connectivity index (χ4n) is 2.48. The number of nitrogens with one attached hydrogen (secondary N) is 1. The number of benzene rings is 1. The van der Waals surface area contributed by atoms with Crippen LogP contribution >= 0.6 is 0 Å². The number of anilines is 1. The van der Waals surface area contributed by atoms with Gasteiger partial charge in [0.2, 0.25) is 10.0 Å². The van der Waals surface area contributed by atoms with Gasteiger partial charge in [-0.15, -0.1) is 0 Å². The lowest BCUT2D eigenvalue weighted by atomic mass is 10.2. The van der Waals surface area contributed by atoms with Crippen molar-refractivity contribution in [3.63, 3.8) is 0 Å². The van der Waals surface area contributed by atoms with Crippen LogP contribution < -0.4 is 5.32 Å². The van der Waals surface area contributed by atoms with Crippen LogP contribution in [0.2, 0.25) is 0 Å². The molecule has 0 spiro atoms. The van der Waals surface area contributed by atoms with E-state index < -0.39 is 10.0 Å². The van der Waals surface area contributed by atoms with Crippen LogP contribution in [0.25, 0.3) is 11.3 Å². The highest BCUT2D eigenvalue weighted by molar-refractivity contribution is 7.88. The van der Waals surface area contributed by atoms with Crippen LogP contribution in [0.5, 0.6) is 0 Å². The summed E-state index contributed by atoms with van der Waals surface area (Å²) in [5, 5.41) is 6.51. The second-order valence-corrected chi connectivity index (χ2v) is 7.50. The number of aromatic nitrogens is 1. The van der Waals surface area contributed by atoms with Gasteiger partial charge in [0.1, 0.15) is 0 Å². The summed E-state index contributed by atoms with van der Waals surface area (Å²) in [7, 11) is -3.21. The zero-order valence-corrected chi connectivity index (χ0v) is 14.0. The number of amides is 2. The number of sulfonamides is 1. The summed E-state index contributed by atoms with van der Waals surface area (Å²) < 4.78 is 29.5. The lowest BCUT2D eigenvalue weighted by Gasteiger charge is -2.32. The van der Waals surface area contributed by atoms with Crippen LogP contribution in [0.1, 0.15) is 0 Å². The SMILES string of the molecule is CS(=O)(=O)N1CCN(C(=O)Nc2cc(-c3ccccc3)on2)CC1. The minimum Gasteiger partial charge on any atom is -0.354 e. The molecule has 2 amide bonds. The molecular formula is C15H18N4O4S. The number of rotatable bonds is 3. The first-order valence-corrected chi connectivity index (χ1v) is 9.31. The minimum atomic E-state index is -3.21. The second kappa shape index (κ2) is 6.62. The van der Waals surface area contributed by atoms with Crippen LogP contribution in [0.15, 0.2) is 40.9 Å². The summed E-state index contributed by atoms with van der Waals surface area (Å²) in [6.45, 7) is 1.26. The van der Waals surface area contributed by atoms with Crippen molar-refractivity contribution in [2.24, 2.45) is 0 Å². The molecule has 128 valence electrons. The van der Waals surface area contributed by atoms with Gasteiger partial charge in [0.05, 0.1) is 6.26 Å². The summed E-state index contributed by atoms with van der Waals surface area (Å²) in [6, 6.07) is 10.8. The van der Waals surface area contributed by atoms with Gasteiger partial charge < -0.3 is 9.42 Å². The highest BCUT2D eigenvalue weighted by Crippen LogP contribution is 2.22. The first-order chi connectivity index (χ1) is 11.4. The van der Waals surface area contributed by atoms with Crippen molar-refractivity contribution in [3.8, 4) is 11.3 Å². The third-order valence-corrected chi connectivity index (χ3v) is 5.10. The maximum atomic E-state index is 12.2. The van der Waals surface area contributed by atoms with Crippen LogP contribution in [-0.4, -0.2) is 61.2 Å². The molecule has 1 saturated heterocycles. The molecule has 1 aliphatic heterocycles. The van der Waals surface area contributed by atoms with Crippen molar-refractivity contribution in [1.29, 1.82) is 0 Å². The number of hydrogen-bond acceptors (Lipinski definition) is 5. The number of carbonyl (C=O) groups excluding carboxylic acids is 1. The Morgan fingerprint density at radius 1 is 1.17 bits per heavy atom. The van der Waals surface area contributed by atoms with Crippen molar-refractivity contribution < 1.29 is 17.7 Å². The number of hydrogen-bond donors (Lipinski definition) is 1. The Morgan fingerprint density at radius 3 is 2.46 bits per heavy atom. The summed E-state index contributed by atoms with van der Waals surface area (Å²) >= 11 is 0. The molecule has 0 radical (unpaired) electrons. The van der Waals surface area contributed by atoms with Gasteiger partial charge in [-0.1, -0.05) is 35.5 Å². The molecule has 1 fully saturated rings. The van der Waals surface area contributed by atoms with Gasteiger partial charge in [-0.2, -0.15) is 4.31 Å². The predicted octanol–water partition coefficient (Wildman–Crippen LogP) is 1.45. The van der Waals surface area contributed by atoms with Gasteiger partial charge in [-0.3, -0.25) is 5.32 Å². The Balaban J connectivity index is 1.59. The third kappa shape index (κ3) is 3.74. The Kier molecular flexibility index (Phi) is 4.54. The van der Waals surface area contributed by atoms with Crippen molar-refractivity contribution >= 4 is 21.9 Å². The van der Waals surface area contributed by atoms with Crippen molar-refractivity contribution in [2.45, 2.75) is 0 Å². The third-order valence-electron chi connectivity index (χ3n) is 3.80. The quantitative estimate of drug-likeness (QED) is 0.904. The van der Waals surface area contributed by atoms with Gasteiger partial charge in [-0.25, -0.2) is 13.2 Å². The van der Waals surface area contributed by atoms with E-state index in [1.165, 1.54) is 10.6 Å². The van der Waals surface area contributed by atoms with E-state index in [-0.39, 0.29) is 6.03 Å². The molecule has 0 bridgehead atoms. The zero-order valence-electron chi connectivity index (χ0n) is 13.2. The van der Waals surface area contributed by atoms with Crippen LogP contribution in [0, 0.1) is 0 Å².